The SMILES string of the molecule is COc1c([C@H]2[C@@H](C)[C@@](C)(C(F)(F)F)O[C@H]2C(=O)Nc2cc[n+]([O-])c(C(N)=O)c2)ccc(F)c1F. The Balaban J connectivity index is 2.08. The highest BCUT2D eigenvalue weighted by atomic mass is 19.4. The number of hydrogen-bond acceptors (Lipinski definition) is 5. The van der Waals surface area contributed by atoms with Gasteiger partial charge in [-0.2, -0.15) is 22.3 Å². The van der Waals surface area contributed by atoms with Gasteiger partial charge in [0, 0.05) is 29.5 Å². The van der Waals surface area contributed by atoms with Crippen LogP contribution in [0.3, 0.4) is 0 Å². The number of hydrogen-bond donors (Lipinski definition) is 2. The number of ether oxygens (including phenoxy) is 2. The summed E-state index contributed by atoms with van der Waals surface area (Å²) in [6.45, 7) is 1.92. The number of nitrogens with zero attached hydrogens (tertiary/aromatic N) is 1. The van der Waals surface area contributed by atoms with Crippen LogP contribution in [0.15, 0.2) is 30.5 Å². The molecule has 0 aliphatic carbocycles. The Morgan fingerprint density at radius 1 is 1.26 bits per heavy atom. The number of aromatic nitrogens is 1. The Hall–Kier alpha value is -3.48. The number of alkyl halides is 3. The number of halogens is 5. The summed E-state index contributed by atoms with van der Waals surface area (Å²) in [5.41, 5.74) is 1.40. The zero-order valence-corrected chi connectivity index (χ0v) is 18.1. The van der Waals surface area contributed by atoms with Gasteiger partial charge in [0.05, 0.1) is 12.8 Å². The first-order valence-corrected chi connectivity index (χ1v) is 9.83. The highest BCUT2D eigenvalue weighted by Crippen LogP contribution is 2.55. The van der Waals surface area contributed by atoms with Crippen LogP contribution in [0.25, 0.3) is 0 Å². The van der Waals surface area contributed by atoms with Gasteiger partial charge in [-0.25, -0.2) is 4.39 Å². The third-order valence-corrected chi connectivity index (χ3v) is 6.01. The highest BCUT2D eigenvalue weighted by molar-refractivity contribution is 5.97. The van der Waals surface area contributed by atoms with Crippen LogP contribution in [0.5, 0.6) is 5.75 Å². The van der Waals surface area contributed by atoms with Crippen molar-refractivity contribution >= 4 is 17.5 Å². The topological polar surface area (TPSA) is 118 Å². The normalized spacial score (nSPS) is 24.6. The molecule has 2 aromatic rings. The van der Waals surface area contributed by atoms with Crippen LogP contribution in [-0.2, 0) is 9.53 Å². The van der Waals surface area contributed by atoms with Crippen LogP contribution in [0.2, 0.25) is 0 Å². The standard InChI is InChI=1S/C21H20F5N3O5/c1-9-14(11-4-5-12(22)15(23)16(11)33-3)17(34-20(9,2)21(24,25)26)19(31)28-10-6-7-29(32)13(8-10)18(27)30/h4-9,14,17H,1-3H3,(H2,27,30)(H,28,31)/t9-,14-,17-,20+/m1/s1. The average Bonchev–Trinajstić information content (AvgIpc) is 3.03. The van der Waals surface area contributed by atoms with E-state index in [1.807, 2.05) is 0 Å². The summed E-state index contributed by atoms with van der Waals surface area (Å²) >= 11 is 0. The first-order chi connectivity index (χ1) is 15.7. The van der Waals surface area contributed by atoms with E-state index in [9.17, 15) is 36.7 Å². The van der Waals surface area contributed by atoms with Gasteiger partial charge in [0.15, 0.2) is 23.4 Å². The van der Waals surface area contributed by atoms with E-state index < -0.39 is 64.6 Å². The van der Waals surface area contributed by atoms with E-state index in [4.69, 9.17) is 15.2 Å². The van der Waals surface area contributed by atoms with Crippen LogP contribution < -0.4 is 20.5 Å². The lowest BCUT2D eigenvalue weighted by atomic mass is 9.77. The first kappa shape index (κ1) is 25.1. The number of methoxy groups -OCH3 is 1. The van der Waals surface area contributed by atoms with Gasteiger partial charge in [0.2, 0.25) is 5.82 Å². The molecular formula is C21H20F5N3O5. The Morgan fingerprint density at radius 3 is 2.47 bits per heavy atom. The van der Waals surface area contributed by atoms with Crippen molar-refractivity contribution in [2.24, 2.45) is 11.7 Å². The smallest absolute Gasteiger partial charge is 0.417 e. The van der Waals surface area contributed by atoms with Gasteiger partial charge in [-0.1, -0.05) is 13.0 Å². The maximum atomic E-state index is 14.4. The van der Waals surface area contributed by atoms with E-state index in [0.29, 0.717) is 6.07 Å². The van der Waals surface area contributed by atoms with Crippen LogP contribution in [0.4, 0.5) is 27.6 Å². The number of nitrogens with one attached hydrogen (secondary N) is 1. The number of nitrogens with two attached hydrogens (primary N) is 1. The molecule has 2 amide bonds. The summed E-state index contributed by atoms with van der Waals surface area (Å²) in [6.07, 6.45) is -5.90. The molecule has 13 heteroatoms. The zero-order valence-electron chi connectivity index (χ0n) is 18.1. The minimum Gasteiger partial charge on any atom is -0.618 e. The lowest BCUT2D eigenvalue weighted by molar-refractivity contribution is -0.607. The minimum absolute atomic E-state index is 0.126. The maximum absolute atomic E-state index is 14.4. The highest BCUT2D eigenvalue weighted by Gasteiger charge is 2.65. The van der Waals surface area contributed by atoms with Crippen molar-refractivity contribution in [3.05, 3.63) is 58.6 Å². The fourth-order valence-electron chi connectivity index (χ4n) is 4.00. The van der Waals surface area contributed by atoms with Crippen LogP contribution in [0.1, 0.15) is 35.8 Å². The van der Waals surface area contributed by atoms with Crippen LogP contribution >= 0.6 is 0 Å². The molecule has 4 atom stereocenters. The largest absolute Gasteiger partial charge is 0.618 e. The summed E-state index contributed by atoms with van der Waals surface area (Å²) in [4.78, 5) is 24.4. The van der Waals surface area contributed by atoms with Gasteiger partial charge in [0.25, 0.3) is 11.6 Å². The second kappa shape index (κ2) is 8.70. The number of benzene rings is 1. The third-order valence-electron chi connectivity index (χ3n) is 6.01. The van der Waals surface area contributed by atoms with E-state index in [2.05, 4.69) is 5.32 Å². The zero-order chi connectivity index (χ0) is 25.6. The monoisotopic (exact) mass is 489 g/mol. The van der Waals surface area contributed by atoms with Crippen molar-refractivity contribution < 1.29 is 45.7 Å². The average molecular weight is 489 g/mol. The lowest BCUT2D eigenvalue weighted by Gasteiger charge is -2.32. The van der Waals surface area contributed by atoms with Crippen molar-refractivity contribution in [1.29, 1.82) is 0 Å². The van der Waals surface area contributed by atoms with E-state index in [-0.39, 0.29) is 16.0 Å². The number of rotatable bonds is 5. The van der Waals surface area contributed by atoms with Crippen LogP contribution in [0, 0.1) is 22.8 Å². The lowest BCUT2D eigenvalue weighted by Crippen LogP contribution is -2.47. The van der Waals surface area contributed by atoms with Gasteiger partial charge in [0.1, 0.15) is 6.10 Å². The summed E-state index contributed by atoms with van der Waals surface area (Å²) in [6, 6.07) is 3.76. The van der Waals surface area contributed by atoms with Gasteiger partial charge in [-0.15, -0.1) is 0 Å². The number of carbonyl (C=O) groups is 2. The quantitative estimate of drug-likeness (QED) is 0.381. The minimum atomic E-state index is -4.93. The fraction of sp³-hybridized carbons (Fsp3) is 0.381. The molecule has 0 spiro atoms. The Kier molecular flexibility index (Phi) is 6.44. The molecule has 8 nitrogen and oxygen atoms in total. The third kappa shape index (κ3) is 4.11. The Bertz CT molecular complexity index is 1140. The second-order valence-electron chi connectivity index (χ2n) is 7.92. The predicted octanol–water partition coefficient (Wildman–Crippen LogP) is 2.78. The van der Waals surface area contributed by atoms with E-state index in [0.717, 1.165) is 38.4 Å². The van der Waals surface area contributed by atoms with Crippen molar-refractivity contribution in [1.82, 2.24) is 0 Å². The second-order valence-corrected chi connectivity index (χ2v) is 7.92. The summed E-state index contributed by atoms with van der Waals surface area (Å²) < 4.78 is 80.2. The summed E-state index contributed by atoms with van der Waals surface area (Å²) in [5.74, 6) is -8.43. The molecule has 3 rings (SSSR count). The molecule has 184 valence electrons. The van der Waals surface area contributed by atoms with E-state index >= 15 is 0 Å². The molecule has 1 fully saturated rings. The predicted molar refractivity (Wildman–Crippen MR) is 107 cm³/mol. The van der Waals surface area contributed by atoms with Crippen molar-refractivity contribution in [2.75, 3.05) is 12.4 Å². The molecule has 0 bridgehead atoms. The molecule has 2 heterocycles. The molecule has 1 aliphatic rings. The number of anilines is 1. The first-order valence-electron chi connectivity index (χ1n) is 9.83. The summed E-state index contributed by atoms with van der Waals surface area (Å²) in [5, 5.41) is 13.9. The molecule has 1 aromatic carbocycles. The molecule has 0 saturated carbocycles. The molecule has 0 unspecified atom stereocenters. The number of carbonyl (C=O) groups excluding carboxylic acids is 2. The fourth-order valence-corrected chi connectivity index (χ4v) is 4.00. The van der Waals surface area contributed by atoms with Gasteiger partial charge in [-0.3, -0.25) is 9.59 Å². The Morgan fingerprint density at radius 2 is 1.91 bits per heavy atom. The van der Waals surface area contributed by atoms with Crippen LogP contribution in [-0.4, -0.2) is 36.8 Å². The van der Waals surface area contributed by atoms with E-state index in [1.165, 1.54) is 6.92 Å². The molecule has 1 aliphatic heterocycles. The van der Waals surface area contributed by atoms with Crippen molar-refractivity contribution in [2.45, 2.75) is 37.6 Å². The molecular weight excluding hydrogens is 469 g/mol. The number of amides is 2. The maximum Gasteiger partial charge on any atom is 0.417 e. The van der Waals surface area contributed by atoms with Gasteiger partial charge in [-0.05, 0) is 13.0 Å². The summed E-state index contributed by atoms with van der Waals surface area (Å²) in [7, 11) is 1.01. The molecule has 34 heavy (non-hydrogen) atoms. The number of pyridine rings is 1. The molecule has 1 aromatic heterocycles. The molecule has 3 N–H and O–H groups in total. The van der Waals surface area contributed by atoms with Gasteiger partial charge < -0.3 is 25.7 Å². The van der Waals surface area contributed by atoms with Gasteiger partial charge >= 0.3 is 12.1 Å². The Labute approximate surface area is 190 Å². The molecule has 1 saturated heterocycles. The van der Waals surface area contributed by atoms with Crippen molar-refractivity contribution in [3.63, 3.8) is 0 Å². The van der Waals surface area contributed by atoms with Crippen molar-refractivity contribution in [3.8, 4) is 5.75 Å². The van der Waals surface area contributed by atoms with E-state index in [1.54, 1.807) is 0 Å². The molecule has 0 radical (unpaired) electrons. The number of primary amides is 1.